The number of rotatable bonds is 4. The molecule has 5 heteroatoms. The molecule has 2 aromatic carbocycles. The predicted molar refractivity (Wildman–Crippen MR) is 87.8 cm³/mol. The number of carboxylic acid groups (broad SMARTS) is 1. The van der Waals surface area contributed by atoms with Crippen LogP contribution in [-0.2, 0) is 12.8 Å². The summed E-state index contributed by atoms with van der Waals surface area (Å²) in [6.07, 6.45) is 1.33. The van der Waals surface area contributed by atoms with E-state index >= 15 is 0 Å². The van der Waals surface area contributed by atoms with Crippen LogP contribution in [0.5, 0.6) is 11.5 Å². The van der Waals surface area contributed by atoms with Crippen molar-refractivity contribution < 1.29 is 19.4 Å². The summed E-state index contributed by atoms with van der Waals surface area (Å²) < 4.78 is 11.4. The highest BCUT2D eigenvalue weighted by Crippen LogP contribution is 2.44. The largest absolute Gasteiger partial charge is 0.493 e. The minimum atomic E-state index is -0.975. The van der Waals surface area contributed by atoms with Crippen LogP contribution >= 0.6 is 11.6 Å². The van der Waals surface area contributed by atoms with Gasteiger partial charge in [-0.25, -0.2) is 4.79 Å². The van der Waals surface area contributed by atoms with E-state index < -0.39 is 11.6 Å². The van der Waals surface area contributed by atoms with E-state index in [-0.39, 0.29) is 5.56 Å². The number of carboxylic acids is 1. The first kappa shape index (κ1) is 15.7. The van der Waals surface area contributed by atoms with Gasteiger partial charge in [0, 0.05) is 23.4 Å². The van der Waals surface area contributed by atoms with Gasteiger partial charge in [-0.1, -0.05) is 23.7 Å². The van der Waals surface area contributed by atoms with E-state index in [4.69, 9.17) is 21.1 Å². The van der Waals surface area contributed by atoms with Crippen LogP contribution in [0.25, 0.3) is 0 Å². The van der Waals surface area contributed by atoms with Crippen molar-refractivity contribution in [1.29, 1.82) is 0 Å². The fourth-order valence-corrected chi connectivity index (χ4v) is 3.13. The third-order valence-corrected chi connectivity index (χ3v) is 4.25. The zero-order valence-corrected chi connectivity index (χ0v) is 13.7. The molecule has 0 amide bonds. The molecule has 120 valence electrons. The minimum Gasteiger partial charge on any atom is -0.493 e. The van der Waals surface area contributed by atoms with E-state index in [0.29, 0.717) is 29.4 Å². The van der Waals surface area contributed by atoms with Crippen molar-refractivity contribution in [3.63, 3.8) is 0 Å². The number of fused-ring (bicyclic) bond motifs is 1. The van der Waals surface area contributed by atoms with Gasteiger partial charge in [0.25, 0.3) is 0 Å². The van der Waals surface area contributed by atoms with Gasteiger partial charge in [-0.3, -0.25) is 0 Å². The van der Waals surface area contributed by atoms with Gasteiger partial charge in [-0.15, -0.1) is 0 Å². The van der Waals surface area contributed by atoms with Crippen molar-refractivity contribution in [2.45, 2.75) is 25.4 Å². The average Bonchev–Trinajstić information content (AvgIpc) is 2.84. The van der Waals surface area contributed by atoms with Gasteiger partial charge in [0.2, 0.25) is 0 Å². The highest BCUT2D eigenvalue weighted by Gasteiger charge is 2.37. The molecule has 0 aliphatic carbocycles. The Morgan fingerprint density at radius 2 is 2.04 bits per heavy atom. The van der Waals surface area contributed by atoms with Crippen LogP contribution in [0.1, 0.15) is 28.4 Å². The van der Waals surface area contributed by atoms with Crippen molar-refractivity contribution in [2.24, 2.45) is 0 Å². The second-order valence-electron chi connectivity index (χ2n) is 6.00. The number of hydrogen-bond donors (Lipinski definition) is 1. The van der Waals surface area contributed by atoms with Gasteiger partial charge >= 0.3 is 5.97 Å². The molecule has 23 heavy (non-hydrogen) atoms. The number of hydrogen-bond acceptors (Lipinski definition) is 3. The maximum atomic E-state index is 11.2. The Labute approximate surface area is 139 Å². The van der Waals surface area contributed by atoms with Gasteiger partial charge in [0.05, 0.1) is 12.7 Å². The number of aromatic carboxylic acids is 1. The number of benzene rings is 2. The summed E-state index contributed by atoms with van der Waals surface area (Å²) in [5.74, 6) is 0.117. The Balaban J connectivity index is 1.90. The van der Waals surface area contributed by atoms with E-state index in [1.165, 1.54) is 13.2 Å². The zero-order valence-electron chi connectivity index (χ0n) is 12.9. The Morgan fingerprint density at radius 3 is 2.65 bits per heavy atom. The summed E-state index contributed by atoms with van der Waals surface area (Å²) in [5, 5.41) is 9.92. The van der Waals surface area contributed by atoms with E-state index in [1.54, 1.807) is 6.07 Å². The van der Waals surface area contributed by atoms with Gasteiger partial charge in [0.15, 0.2) is 11.5 Å². The third-order valence-electron chi connectivity index (χ3n) is 4.00. The van der Waals surface area contributed by atoms with Gasteiger partial charge in [0.1, 0.15) is 5.60 Å². The number of methoxy groups -OCH3 is 1. The normalized spacial score (nSPS) is 19.1. The molecule has 4 nitrogen and oxygen atoms in total. The van der Waals surface area contributed by atoms with Crippen LogP contribution in [0.4, 0.5) is 0 Å². The van der Waals surface area contributed by atoms with Crippen molar-refractivity contribution >= 4 is 17.6 Å². The second-order valence-corrected chi connectivity index (χ2v) is 6.44. The summed E-state index contributed by atoms with van der Waals surface area (Å²) in [5.41, 5.74) is 1.74. The van der Waals surface area contributed by atoms with E-state index in [2.05, 4.69) is 0 Å². The van der Waals surface area contributed by atoms with Crippen LogP contribution in [0.2, 0.25) is 5.02 Å². The monoisotopic (exact) mass is 332 g/mol. The molecule has 1 N–H and O–H groups in total. The van der Waals surface area contributed by atoms with Gasteiger partial charge in [-0.05, 0) is 36.8 Å². The molecule has 0 unspecified atom stereocenters. The molecule has 2 aromatic rings. The minimum absolute atomic E-state index is 0.208. The van der Waals surface area contributed by atoms with Gasteiger partial charge in [-0.2, -0.15) is 0 Å². The Hall–Kier alpha value is -2.20. The van der Waals surface area contributed by atoms with Crippen LogP contribution in [0.3, 0.4) is 0 Å². The Bertz CT molecular complexity index is 754. The molecule has 0 saturated heterocycles. The Kier molecular flexibility index (Phi) is 3.94. The topological polar surface area (TPSA) is 55.8 Å². The lowest BCUT2D eigenvalue weighted by molar-refractivity contribution is 0.0696. The smallest absolute Gasteiger partial charge is 0.335 e. The Morgan fingerprint density at radius 1 is 1.35 bits per heavy atom. The average molecular weight is 333 g/mol. The first-order valence-corrected chi connectivity index (χ1v) is 7.66. The molecule has 1 aliphatic heterocycles. The van der Waals surface area contributed by atoms with Crippen molar-refractivity contribution in [3.8, 4) is 11.5 Å². The zero-order chi connectivity index (χ0) is 16.6. The molecule has 0 spiro atoms. The lowest BCUT2D eigenvalue weighted by atomic mass is 9.91. The fraction of sp³-hybridized carbons (Fsp3) is 0.278. The molecule has 0 radical (unpaired) electrons. The summed E-state index contributed by atoms with van der Waals surface area (Å²) in [4.78, 5) is 11.2. The molecule has 3 rings (SSSR count). The molecule has 1 heterocycles. The predicted octanol–water partition coefficient (Wildman–Crippen LogP) is 3.98. The van der Waals surface area contributed by atoms with Crippen LogP contribution in [0, 0.1) is 0 Å². The van der Waals surface area contributed by atoms with E-state index in [0.717, 1.165) is 11.1 Å². The van der Waals surface area contributed by atoms with Crippen molar-refractivity contribution in [1.82, 2.24) is 0 Å². The number of ether oxygens (including phenoxy) is 2. The number of halogens is 1. The standard InChI is InChI=1S/C18H17ClO4/c1-18(9-11-3-5-14(19)6-4-11)10-13-7-12(17(20)21)8-15(22-2)16(13)23-18/h3-8H,9-10H2,1-2H3,(H,20,21)/t18-/m0/s1. The fourth-order valence-electron chi connectivity index (χ4n) is 3.00. The summed E-state index contributed by atoms with van der Waals surface area (Å²) in [7, 11) is 1.51. The molecular weight excluding hydrogens is 316 g/mol. The van der Waals surface area contributed by atoms with Crippen molar-refractivity contribution in [3.05, 3.63) is 58.1 Å². The van der Waals surface area contributed by atoms with E-state index in [1.807, 2.05) is 31.2 Å². The quantitative estimate of drug-likeness (QED) is 0.920. The molecule has 0 fully saturated rings. The SMILES string of the molecule is COc1cc(C(=O)O)cc2c1O[C@@](C)(Cc1ccc(Cl)cc1)C2. The molecule has 1 aliphatic rings. The van der Waals surface area contributed by atoms with E-state index in [9.17, 15) is 9.90 Å². The molecule has 1 atom stereocenters. The summed E-state index contributed by atoms with van der Waals surface area (Å²) >= 11 is 5.92. The lowest BCUT2D eigenvalue weighted by Gasteiger charge is -2.24. The third kappa shape index (κ3) is 3.13. The highest BCUT2D eigenvalue weighted by atomic mass is 35.5. The van der Waals surface area contributed by atoms with Crippen LogP contribution < -0.4 is 9.47 Å². The molecule has 0 aromatic heterocycles. The molecule has 0 saturated carbocycles. The van der Waals surface area contributed by atoms with Crippen molar-refractivity contribution in [2.75, 3.05) is 7.11 Å². The maximum absolute atomic E-state index is 11.2. The molecule has 0 bridgehead atoms. The second kappa shape index (κ2) is 5.78. The van der Waals surface area contributed by atoms with Crippen LogP contribution in [0.15, 0.2) is 36.4 Å². The summed E-state index contributed by atoms with van der Waals surface area (Å²) in [6, 6.07) is 10.8. The first-order valence-electron chi connectivity index (χ1n) is 7.28. The summed E-state index contributed by atoms with van der Waals surface area (Å²) in [6.45, 7) is 2.02. The maximum Gasteiger partial charge on any atom is 0.335 e. The molecular formula is C18H17ClO4. The van der Waals surface area contributed by atoms with Crippen LogP contribution in [-0.4, -0.2) is 23.8 Å². The first-order chi connectivity index (χ1) is 10.9. The highest BCUT2D eigenvalue weighted by molar-refractivity contribution is 6.30. The number of carbonyl (C=O) groups is 1. The lowest BCUT2D eigenvalue weighted by Crippen LogP contribution is -2.32. The van der Waals surface area contributed by atoms with Gasteiger partial charge < -0.3 is 14.6 Å².